The molecule has 2 aliphatic rings. The van der Waals surface area contributed by atoms with Crippen molar-refractivity contribution >= 4 is 29.1 Å². The van der Waals surface area contributed by atoms with Gasteiger partial charge in [-0.25, -0.2) is 8.78 Å². The van der Waals surface area contributed by atoms with E-state index in [4.69, 9.17) is 32.7 Å². The van der Waals surface area contributed by atoms with Crippen molar-refractivity contribution in [3.8, 4) is 11.5 Å². The molecular formula is C24H17Cl2F2NO4. The second-order valence-electron chi connectivity index (χ2n) is 7.85. The fourth-order valence-corrected chi connectivity index (χ4v) is 4.67. The van der Waals surface area contributed by atoms with Crippen LogP contribution in [0.5, 0.6) is 11.5 Å². The van der Waals surface area contributed by atoms with Gasteiger partial charge in [0.15, 0.2) is 11.5 Å². The minimum Gasteiger partial charge on any atom is -0.440 e. The van der Waals surface area contributed by atoms with Gasteiger partial charge in [0, 0.05) is 23.2 Å². The Morgan fingerprint density at radius 1 is 1.03 bits per heavy atom. The van der Waals surface area contributed by atoms with Gasteiger partial charge in [0.2, 0.25) is 0 Å². The maximum atomic E-state index is 15.0. The van der Waals surface area contributed by atoms with Gasteiger partial charge in [-0.2, -0.15) is 0 Å². The van der Waals surface area contributed by atoms with Gasteiger partial charge in [-0.05, 0) is 61.4 Å². The van der Waals surface area contributed by atoms with Gasteiger partial charge >= 0.3 is 5.79 Å². The molecule has 1 N–H and O–H groups in total. The third kappa shape index (κ3) is 3.70. The van der Waals surface area contributed by atoms with Gasteiger partial charge in [0.1, 0.15) is 17.9 Å². The second kappa shape index (κ2) is 8.17. The Kier molecular flexibility index (Phi) is 5.43. The number of aliphatic hydroxyl groups excluding tert-OH is 1. The number of hydrogen-bond acceptors (Lipinski definition) is 4. The van der Waals surface area contributed by atoms with Gasteiger partial charge in [0.05, 0.1) is 16.1 Å². The number of carbonyl (C=O) groups is 1. The van der Waals surface area contributed by atoms with Gasteiger partial charge in [0.25, 0.3) is 5.91 Å². The minimum atomic E-state index is -1.67. The average Bonchev–Trinajstić information content (AvgIpc) is 3.36. The van der Waals surface area contributed by atoms with Crippen LogP contribution in [0.3, 0.4) is 0 Å². The van der Waals surface area contributed by atoms with E-state index in [-0.39, 0.29) is 22.1 Å². The first-order valence-electron chi connectivity index (χ1n) is 10.2. The lowest BCUT2D eigenvalue weighted by Crippen LogP contribution is -2.37. The Hall–Kier alpha value is -2.87. The van der Waals surface area contributed by atoms with Crippen LogP contribution >= 0.6 is 23.2 Å². The van der Waals surface area contributed by atoms with Crippen LogP contribution in [0.4, 0.5) is 8.78 Å². The number of aliphatic hydroxyl groups is 1. The summed E-state index contributed by atoms with van der Waals surface area (Å²) in [5.74, 6) is -3.45. The molecule has 2 unspecified atom stereocenters. The normalized spacial score (nSPS) is 21.5. The lowest BCUT2D eigenvalue weighted by molar-refractivity contribution is -0.0459. The zero-order chi connectivity index (χ0) is 23.3. The lowest BCUT2D eigenvalue weighted by Gasteiger charge is -2.29. The lowest BCUT2D eigenvalue weighted by atomic mass is 9.97. The van der Waals surface area contributed by atoms with Crippen LogP contribution in [0.15, 0.2) is 54.6 Å². The molecule has 1 amide bonds. The van der Waals surface area contributed by atoms with Crippen molar-refractivity contribution < 1.29 is 28.2 Å². The van der Waals surface area contributed by atoms with E-state index in [2.05, 4.69) is 0 Å². The number of hydrogen-bond donors (Lipinski definition) is 1. The van der Waals surface area contributed by atoms with Crippen LogP contribution in [0, 0.1) is 11.6 Å². The fraction of sp³-hybridized carbons (Fsp3) is 0.208. The zero-order valence-electron chi connectivity index (χ0n) is 17.0. The van der Waals surface area contributed by atoms with Gasteiger partial charge < -0.3 is 19.5 Å². The maximum absolute atomic E-state index is 15.0. The highest BCUT2D eigenvalue weighted by molar-refractivity contribution is 6.35. The van der Waals surface area contributed by atoms with Crippen molar-refractivity contribution in [1.82, 2.24) is 4.90 Å². The standard InChI is InChI=1S/C24H17Cl2F2NO4/c25-14-5-8-17(18(26)10-14)24(13-3-6-15(27)7-4-13)32-20-11-16(19(28)12-21(20)33-24)23(31)29-9-1-2-22(29)30/h3-8,10-12,22,30H,1-2,9H2. The van der Waals surface area contributed by atoms with Crippen LogP contribution < -0.4 is 9.47 Å². The molecule has 170 valence electrons. The molecule has 0 spiro atoms. The predicted molar refractivity (Wildman–Crippen MR) is 118 cm³/mol. The molecule has 5 nitrogen and oxygen atoms in total. The fourth-order valence-electron chi connectivity index (χ4n) is 4.14. The van der Waals surface area contributed by atoms with E-state index in [1.807, 2.05) is 0 Å². The Balaban J connectivity index is 1.61. The summed E-state index contributed by atoms with van der Waals surface area (Å²) >= 11 is 12.5. The topological polar surface area (TPSA) is 59.0 Å². The van der Waals surface area contributed by atoms with E-state index in [1.54, 1.807) is 12.1 Å². The maximum Gasteiger partial charge on any atom is 0.307 e. The smallest absolute Gasteiger partial charge is 0.307 e. The van der Waals surface area contributed by atoms with Gasteiger partial charge in [-0.3, -0.25) is 4.79 Å². The van der Waals surface area contributed by atoms with E-state index in [9.17, 15) is 18.7 Å². The van der Waals surface area contributed by atoms with Crippen LogP contribution in [0.2, 0.25) is 10.0 Å². The van der Waals surface area contributed by atoms with Crippen LogP contribution in [-0.2, 0) is 5.79 Å². The molecule has 2 atom stereocenters. The van der Waals surface area contributed by atoms with E-state index in [0.717, 1.165) is 6.07 Å². The molecule has 0 bridgehead atoms. The summed E-state index contributed by atoms with van der Waals surface area (Å²) in [7, 11) is 0. The number of carbonyl (C=O) groups excluding carboxylic acids is 1. The number of ether oxygens (including phenoxy) is 2. The van der Waals surface area contributed by atoms with E-state index >= 15 is 0 Å². The molecule has 0 saturated carbocycles. The molecule has 0 aromatic heterocycles. The third-order valence-electron chi connectivity index (χ3n) is 5.76. The van der Waals surface area contributed by atoms with Crippen molar-refractivity contribution in [2.24, 2.45) is 0 Å². The Morgan fingerprint density at radius 2 is 1.73 bits per heavy atom. The first-order chi connectivity index (χ1) is 15.8. The van der Waals surface area contributed by atoms with Gasteiger partial charge in [-0.1, -0.05) is 23.2 Å². The number of fused-ring (bicyclic) bond motifs is 1. The summed E-state index contributed by atoms with van der Waals surface area (Å²) < 4.78 is 40.9. The largest absolute Gasteiger partial charge is 0.440 e. The van der Waals surface area contributed by atoms with Crippen molar-refractivity contribution in [1.29, 1.82) is 0 Å². The molecule has 0 aliphatic carbocycles. The molecular weight excluding hydrogens is 475 g/mol. The summed E-state index contributed by atoms with van der Waals surface area (Å²) in [5, 5.41) is 10.6. The third-order valence-corrected chi connectivity index (χ3v) is 6.31. The highest BCUT2D eigenvalue weighted by Gasteiger charge is 2.47. The van der Waals surface area contributed by atoms with Crippen molar-refractivity contribution in [3.05, 3.63) is 93.0 Å². The highest BCUT2D eigenvalue weighted by atomic mass is 35.5. The second-order valence-corrected chi connectivity index (χ2v) is 8.70. The van der Waals surface area contributed by atoms with Crippen LogP contribution in [0.25, 0.3) is 0 Å². The molecule has 5 rings (SSSR count). The number of benzene rings is 3. The van der Waals surface area contributed by atoms with E-state index in [1.165, 1.54) is 41.3 Å². The van der Waals surface area contributed by atoms with Gasteiger partial charge in [-0.15, -0.1) is 0 Å². The van der Waals surface area contributed by atoms with E-state index in [0.29, 0.717) is 35.5 Å². The molecule has 1 fully saturated rings. The van der Waals surface area contributed by atoms with Crippen LogP contribution in [-0.4, -0.2) is 28.7 Å². The predicted octanol–water partition coefficient (Wildman–Crippen LogP) is 5.50. The number of nitrogens with zero attached hydrogens (tertiary/aromatic N) is 1. The van der Waals surface area contributed by atoms with Crippen molar-refractivity contribution in [2.45, 2.75) is 24.9 Å². The first kappa shape index (κ1) is 21.9. The first-order valence-corrected chi connectivity index (χ1v) is 11.0. The SMILES string of the molecule is O=C(c1cc2c(cc1F)OC(c1ccc(F)cc1)(c1ccc(Cl)cc1Cl)O2)N1CCCC1O. The Bertz CT molecular complexity index is 1250. The Labute approximate surface area is 198 Å². The minimum absolute atomic E-state index is 0.0429. The monoisotopic (exact) mass is 491 g/mol. The highest BCUT2D eigenvalue weighted by Crippen LogP contribution is 2.50. The number of halogens is 4. The molecule has 9 heteroatoms. The molecule has 3 aromatic rings. The Morgan fingerprint density at radius 3 is 2.36 bits per heavy atom. The summed E-state index contributed by atoms with van der Waals surface area (Å²) in [5.41, 5.74) is 0.502. The van der Waals surface area contributed by atoms with Crippen molar-refractivity contribution in [2.75, 3.05) is 6.54 Å². The average molecular weight is 492 g/mol. The molecule has 2 heterocycles. The zero-order valence-corrected chi connectivity index (χ0v) is 18.5. The summed E-state index contributed by atoms with van der Waals surface area (Å²) in [4.78, 5) is 14.1. The number of rotatable bonds is 3. The summed E-state index contributed by atoms with van der Waals surface area (Å²) in [6.07, 6.45) is 0.0937. The molecule has 33 heavy (non-hydrogen) atoms. The van der Waals surface area contributed by atoms with E-state index < -0.39 is 29.6 Å². The summed E-state index contributed by atoms with van der Waals surface area (Å²) in [6, 6.07) is 12.4. The van der Waals surface area contributed by atoms with Crippen LogP contribution in [0.1, 0.15) is 34.3 Å². The molecule has 1 saturated heterocycles. The van der Waals surface area contributed by atoms with Crippen molar-refractivity contribution in [3.63, 3.8) is 0 Å². The molecule has 2 aliphatic heterocycles. The number of amides is 1. The quantitative estimate of drug-likeness (QED) is 0.525. The molecule has 3 aromatic carbocycles. The number of likely N-dealkylation sites (tertiary alicyclic amines) is 1. The summed E-state index contributed by atoms with van der Waals surface area (Å²) in [6.45, 7) is 0.327. The molecule has 0 radical (unpaired) electrons.